The maximum absolute atomic E-state index is 13.0. The number of halogens is 1. The summed E-state index contributed by atoms with van der Waals surface area (Å²) in [5.41, 5.74) is 1.47. The predicted molar refractivity (Wildman–Crippen MR) is 126 cm³/mol. The van der Waals surface area contributed by atoms with Crippen molar-refractivity contribution in [2.24, 2.45) is 0 Å². The average Bonchev–Trinajstić information content (AvgIpc) is 2.76. The fourth-order valence-corrected chi connectivity index (χ4v) is 4.21. The molecule has 0 aliphatic heterocycles. The van der Waals surface area contributed by atoms with Crippen molar-refractivity contribution < 1.29 is 22.7 Å². The van der Waals surface area contributed by atoms with Crippen molar-refractivity contribution in [1.82, 2.24) is 0 Å². The molecule has 168 valence electrons. The number of carbonyl (C=O) groups excluding carboxylic acids is 1. The van der Waals surface area contributed by atoms with Crippen molar-refractivity contribution in [2.45, 2.75) is 18.7 Å². The van der Waals surface area contributed by atoms with Crippen molar-refractivity contribution in [2.75, 3.05) is 23.8 Å². The number of hydrogen-bond acceptors (Lipinski definition) is 5. The highest BCUT2D eigenvalue weighted by Gasteiger charge is 2.20. The van der Waals surface area contributed by atoms with Gasteiger partial charge in [0.1, 0.15) is 11.5 Å². The van der Waals surface area contributed by atoms with E-state index in [1.54, 1.807) is 43.3 Å². The Balaban J connectivity index is 1.87. The average molecular weight is 475 g/mol. The SMILES string of the molecule is CCOc1ccc(S(=O)(=O)Nc2ccccc2C(=O)Nc2cc(C)c(Cl)cc2OC)cc1. The van der Waals surface area contributed by atoms with Crippen LogP contribution in [0.5, 0.6) is 11.5 Å². The Hall–Kier alpha value is -3.23. The molecule has 7 nitrogen and oxygen atoms in total. The lowest BCUT2D eigenvalue weighted by molar-refractivity contribution is 0.102. The second kappa shape index (κ2) is 9.93. The van der Waals surface area contributed by atoms with Gasteiger partial charge in [-0.1, -0.05) is 23.7 Å². The topological polar surface area (TPSA) is 93.7 Å². The van der Waals surface area contributed by atoms with E-state index in [9.17, 15) is 13.2 Å². The molecule has 3 aromatic carbocycles. The molecule has 0 aromatic heterocycles. The number of carbonyl (C=O) groups is 1. The van der Waals surface area contributed by atoms with Gasteiger partial charge in [0, 0.05) is 11.1 Å². The number of nitrogens with one attached hydrogen (secondary N) is 2. The van der Waals surface area contributed by atoms with Gasteiger partial charge in [-0.25, -0.2) is 8.42 Å². The summed E-state index contributed by atoms with van der Waals surface area (Å²) >= 11 is 6.12. The van der Waals surface area contributed by atoms with E-state index in [4.69, 9.17) is 21.1 Å². The van der Waals surface area contributed by atoms with E-state index >= 15 is 0 Å². The van der Waals surface area contributed by atoms with E-state index in [1.807, 2.05) is 6.92 Å². The molecule has 0 spiro atoms. The molecule has 3 aromatic rings. The van der Waals surface area contributed by atoms with Gasteiger partial charge < -0.3 is 14.8 Å². The largest absolute Gasteiger partial charge is 0.495 e. The number of para-hydroxylation sites is 1. The lowest BCUT2D eigenvalue weighted by Gasteiger charge is -2.15. The summed E-state index contributed by atoms with van der Waals surface area (Å²) < 4.78 is 38.9. The van der Waals surface area contributed by atoms with Crippen LogP contribution >= 0.6 is 11.6 Å². The zero-order valence-electron chi connectivity index (χ0n) is 17.8. The maximum Gasteiger partial charge on any atom is 0.261 e. The summed E-state index contributed by atoms with van der Waals surface area (Å²) in [7, 11) is -2.46. The zero-order valence-corrected chi connectivity index (χ0v) is 19.4. The minimum absolute atomic E-state index is 0.0474. The minimum atomic E-state index is -3.93. The van der Waals surface area contributed by atoms with Crippen LogP contribution in [0.1, 0.15) is 22.8 Å². The Morgan fingerprint density at radius 2 is 1.72 bits per heavy atom. The molecule has 0 saturated carbocycles. The van der Waals surface area contributed by atoms with Gasteiger partial charge in [0.25, 0.3) is 15.9 Å². The van der Waals surface area contributed by atoms with Gasteiger partial charge in [0.05, 0.1) is 35.6 Å². The third-order valence-electron chi connectivity index (χ3n) is 4.59. The van der Waals surface area contributed by atoms with Crippen LogP contribution < -0.4 is 19.5 Å². The van der Waals surface area contributed by atoms with Crippen LogP contribution in [-0.2, 0) is 10.0 Å². The number of benzene rings is 3. The molecule has 0 atom stereocenters. The zero-order chi connectivity index (χ0) is 23.3. The van der Waals surface area contributed by atoms with Crippen LogP contribution in [0, 0.1) is 6.92 Å². The maximum atomic E-state index is 13.0. The Morgan fingerprint density at radius 1 is 1.03 bits per heavy atom. The molecule has 2 N–H and O–H groups in total. The molecule has 32 heavy (non-hydrogen) atoms. The molecular weight excluding hydrogens is 452 g/mol. The van der Waals surface area contributed by atoms with Gasteiger partial charge in [-0.2, -0.15) is 0 Å². The van der Waals surface area contributed by atoms with Gasteiger partial charge in [-0.05, 0) is 61.9 Å². The molecule has 0 bridgehead atoms. The van der Waals surface area contributed by atoms with Crippen LogP contribution in [0.2, 0.25) is 5.02 Å². The van der Waals surface area contributed by atoms with Crippen molar-refractivity contribution >= 4 is 38.9 Å². The summed E-state index contributed by atoms with van der Waals surface area (Å²) in [6.07, 6.45) is 0. The molecule has 0 aliphatic rings. The second-order valence-corrected chi connectivity index (χ2v) is 8.90. The van der Waals surface area contributed by atoms with Crippen molar-refractivity contribution in [3.05, 3.63) is 76.8 Å². The first-order chi connectivity index (χ1) is 15.2. The van der Waals surface area contributed by atoms with Crippen LogP contribution in [0.3, 0.4) is 0 Å². The van der Waals surface area contributed by atoms with Crippen molar-refractivity contribution in [1.29, 1.82) is 0 Å². The van der Waals surface area contributed by atoms with Crippen LogP contribution in [0.15, 0.2) is 65.6 Å². The van der Waals surface area contributed by atoms with Gasteiger partial charge in [0.15, 0.2) is 0 Å². The number of anilines is 2. The standard InChI is InChI=1S/C23H23ClN2O5S/c1-4-31-16-9-11-17(12-10-16)32(28,29)26-20-8-6-5-7-18(20)23(27)25-21-13-15(2)19(24)14-22(21)30-3/h5-14,26H,4H2,1-3H3,(H,25,27). The highest BCUT2D eigenvalue weighted by atomic mass is 35.5. The molecule has 0 aliphatic carbocycles. The third kappa shape index (κ3) is 5.33. The Kier molecular flexibility index (Phi) is 7.27. The Bertz CT molecular complexity index is 1230. The molecule has 0 unspecified atom stereocenters. The molecule has 1 amide bonds. The first-order valence-corrected chi connectivity index (χ1v) is 11.6. The van der Waals surface area contributed by atoms with Crippen molar-refractivity contribution in [3.63, 3.8) is 0 Å². The first-order valence-electron chi connectivity index (χ1n) is 9.75. The van der Waals surface area contributed by atoms with E-state index in [0.29, 0.717) is 28.8 Å². The summed E-state index contributed by atoms with van der Waals surface area (Å²) in [5, 5.41) is 3.26. The van der Waals surface area contributed by atoms with Gasteiger partial charge in [0.2, 0.25) is 0 Å². The molecule has 9 heteroatoms. The van der Waals surface area contributed by atoms with Gasteiger partial charge in [-0.15, -0.1) is 0 Å². The van der Waals surface area contributed by atoms with E-state index in [2.05, 4.69) is 10.0 Å². The number of rotatable bonds is 8. The Morgan fingerprint density at radius 3 is 2.38 bits per heavy atom. The summed E-state index contributed by atoms with van der Waals surface area (Å²) in [6.45, 7) is 4.12. The summed E-state index contributed by atoms with van der Waals surface area (Å²) in [5.74, 6) is 0.454. The highest BCUT2D eigenvalue weighted by Crippen LogP contribution is 2.32. The van der Waals surface area contributed by atoms with Crippen LogP contribution in [0.4, 0.5) is 11.4 Å². The summed E-state index contributed by atoms with van der Waals surface area (Å²) in [4.78, 5) is 13.0. The fourth-order valence-electron chi connectivity index (χ4n) is 2.97. The van der Waals surface area contributed by atoms with E-state index in [1.165, 1.54) is 31.4 Å². The second-order valence-electron chi connectivity index (χ2n) is 6.81. The van der Waals surface area contributed by atoms with E-state index < -0.39 is 15.9 Å². The van der Waals surface area contributed by atoms with Gasteiger partial charge >= 0.3 is 0 Å². The predicted octanol–water partition coefficient (Wildman–Crippen LogP) is 5.11. The van der Waals surface area contributed by atoms with E-state index in [-0.39, 0.29) is 16.1 Å². The third-order valence-corrected chi connectivity index (χ3v) is 6.38. The number of hydrogen-bond donors (Lipinski definition) is 2. The molecule has 0 fully saturated rings. The van der Waals surface area contributed by atoms with E-state index in [0.717, 1.165) is 5.56 Å². The monoisotopic (exact) mass is 474 g/mol. The van der Waals surface area contributed by atoms with Gasteiger partial charge in [-0.3, -0.25) is 9.52 Å². The highest BCUT2D eigenvalue weighted by molar-refractivity contribution is 7.92. The number of aryl methyl sites for hydroxylation is 1. The summed E-state index contributed by atoms with van der Waals surface area (Å²) in [6, 6.07) is 15.7. The number of ether oxygens (including phenoxy) is 2. The molecule has 0 radical (unpaired) electrons. The molecule has 3 rings (SSSR count). The Labute approximate surface area is 192 Å². The molecule has 0 saturated heterocycles. The van der Waals surface area contributed by atoms with Crippen molar-refractivity contribution in [3.8, 4) is 11.5 Å². The molecular formula is C23H23ClN2O5S. The van der Waals surface area contributed by atoms with Crippen LogP contribution in [-0.4, -0.2) is 28.0 Å². The quantitative estimate of drug-likeness (QED) is 0.473. The molecule has 0 heterocycles. The number of sulfonamides is 1. The minimum Gasteiger partial charge on any atom is -0.495 e. The lowest BCUT2D eigenvalue weighted by atomic mass is 10.1. The fraction of sp³-hybridized carbons (Fsp3) is 0.174. The smallest absolute Gasteiger partial charge is 0.261 e. The number of methoxy groups -OCH3 is 1. The van der Waals surface area contributed by atoms with Crippen LogP contribution in [0.25, 0.3) is 0 Å². The number of amides is 1. The lowest BCUT2D eigenvalue weighted by Crippen LogP contribution is -2.19. The first kappa shape index (κ1) is 23.4. The normalized spacial score (nSPS) is 11.0.